The minimum atomic E-state index is -1.68. The van der Waals surface area contributed by atoms with E-state index in [1.165, 1.54) is 32.6 Å². The van der Waals surface area contributed by atoms with Crippen LogP contribution in [0.25, 0.3) is 55.9 Å². The van der Waals surface area contributed by atoms with Crippen LogP contribution < -0.4 is 15.3 Å². The van der Waals surface area contributed by atoms with Crippen molar-refractivity contribution in [2.45, 2.75) is 39.3 Å². The van der Waals surface area contributed by atoms with Gasteiger partial charge in [-0.15, -0.1) is 0 Å². The average molecular weight is 772 g/mol. The molecule has 3 nitrogen and oxygen atoms in total. The minimum Gasteiger partial charge on any atom is -0.310 e. The fourth-order valence-electron chi connectivity index (χ4n) is 7.70. The van der Waals surface area contributed by atoms with E-state index in [2.05, 4.69) is 233 Å². The highest BCUT2D eigenvalue weighted by molar-refractivity contribution is 6.90. The van der Waals surface area contributed by atoms with Crippen LogP contribution in [0, 0.1) is 0 Å². The molecule has 5 heteroatoms. The predicted octanol–water partition coefficient (Wildman–Crippen LogP) is 13.4. The smallest absolute Gasteiger partial charge is 0.0804 e. The first kappa shape index (κ1) is 37.8. The molecule has 0 bridgehead atoms. The molecule has 0 aliphatic rings. The number of hydrogen-bond donors (Lipinski definition) is 0. The van der Waals surface area contributed by atoms with Gasteiger partial charge in [0, 0.05) is 40.5 Å². The summed E-state index contributed by atoms with van der Waals surface area (Å²) in [5, 5.41) is 2.73. The third kappa shape index (κ3) is 8.08. The Labute approximate surface area is 340 Å². The molecule has 280 valence electrons. The average Bonchev–Trinajstić information content (AvgIpc) is 3.24. The van der Waals surface area contributed by atoms with Crippen molar-refractivity contribution in [1.29, 1.82) is 0 Å². The number of pyridine rings is 2. The normalized spacial score (nSPS) is 11.7. The maximum absolute atomic E-state index is 5.13. The number of aromatic nitrogens is 2. The van der Waals surface area contributed by atoms with E-state index >= 15 is 0 Å². The third-order valence-corrected chi connectivity index (χ3v) is 14.7. The maximum atomic E-state index is 5.13. The molecule has 0 fully saturated rings. The van der Waals surface area contributed by atoms with E-state index in [4.69, 9.17) is 9.97 Å². The number of benzene rings is 6. The molecule has 0 saturated heterocycles. The van der Waals surface area contributed by atoms with E-state index in [9.17, 15) is 0 Å². The van der Waals surface area contributed by atoms with Gasteiger partial charge in [-0.3, -0.25) is 9.97 Å². The second-order valence-electron chi connectivity index (χ2n) is 16.8. The van der Waals surface area contributed by atoms with Gasteiger partial charge in [0.25, 0.3) is 0 Å². The van der Waals surface area contributed by atoms with Gasteiger partial charge >= 0.3 is 0 Å². The first-order valence-corrected chi connectivity index (χ1v) is 26.8. The number of hydrogen-bond acceptors (Lipinski definition) is 3. The lowest BCUT2D eigenvalue weighted by atomic mass is 10.00. The van der Waals surface area contributed by atoms with Crippen LogP contribution in [0.2, 0.25) is 39.3 Å². The van der Waals surface area contributed by atoms with Crippen molar-refractivity contribution in [2.75, 3.05) is 4.90 Å². The van der Waals surface area contributed by atoms with Crippen LogP contribution in [0.5, 0.6) is 0 Å². The Morgan fingerprint density at radius 1 is 0.351 bits per heavy atom. The van der Waals surface area contributed by atoms with Crippen LogP contribution in [0.4, 0.5) is 17.1 Å². The van der Waals surface area contributed by atoms with Crippen LogP contribution >= 0.6 is 0 Å². The molecule has 0 N–H and O–H groups in total. The van der Waals surface area contributed by atoms with Crippen molar-refractivity contribution in [3.05, 3.63) is 188 Å². The predicted molar refractivity (Wildman–Crippen MR) is 250 cm³/mol. The Bertz CT molecular complexity index is 2500. The highest BCUT2D eigenvalue weighted by atomic mass is 28.3. The molecular formula is C52H49N3Si2. The van der Waals surface area contributed by atoms with E-state index in [0.717, 1.165) is 50.7 Å². The largest absolute Gasteiger partial charge is 0.310 e. The monoisotopic (exact) mass is 771 g/mol. The van der Waals surface area contributed by atoms with Crippen LogP contribution in [0.15, 0.2) is 188 Å². The third-order valence-electron chi connectivity index (χ3n) is 10.6. The minimum absolute atomic E-state index is 0.961. The molecule has 0 spiro atoms. The van der Waals surface area contributed by atoms with Crippen molar-refractivity contribution >= 4 is 43.6 Å². The van der Waals surface area contributed by atoms with Crippen molar-refractivity contribution in [1.82, 2.24) is 9.97 Å². The molecule has 0 aliphatic heterocycles. The summed E-state index contributed by atoms with van der Waals surface area (Å²) in [5.41, 5.74) is 14.6. The molecule has 6 aromatic carbocycles. The molecule has 0 amide bonds. The van der Waals surface area contributed by atoms with Gasteiger partial charge in [-0.25, -0.2) is 0 Å². The summed E-state index contributed by atoms with van der Waals surface area (Å²) in [5.74, 6) is 0. The lowest BCUT2D eigenvalue weighted by Crippen LogP contribution is -2.39. The Balaban J connectivity index is 1.29. The zero-order chi connectivity index (χ0) is 39.6. The summed E-state index contributed by atoms with van der Waals surface area (Å²) in [6, 6.07) is 63.2. The Hall–Kier alpha value is -6.15. The number of nitrogens with zero attached hydrogens (tertiary/aromatic N) is 3. The highest BCUT2D eigenvalue weighted by Crippen LogP contribution is 2.43. The summed E-state index contributed by atoms with van der Waals surface area (Å²) < 4.78 is 0. The van der Waals surface area contributed by atoms with E-state index in [1.807, 2.05) is 0 Å². The fourth-order valence-corrected chi connectivity index (χ4v) is 10.7. The van der Waals surface area contributed by atoms with Crippen molar-refractivity contribution in [2.24, 2.45) is 0 Å². The Morgan fingerprint density at radius 3 is 1.14 bits per heavy atom. The molecule has 0 atom stereocenters. The summed E-state index contributed by atoms with van der Waals surface area (Å²) in [6.07, 6.45) is 4.26. The van der Waals surface area contributed by atoms with Gasteiger partial charge in [0.2, 0.25) is 0 Å². The standard InChI is InChI=1S/C52H49N3Si2/c1-56(2,3)51-36-53-48(34-46(51)39-22-12-8-13-23-39)41-26-18-28-43(32-41)55(50-31-17-16-30-45(50)38-20-10-7-11-21-38)44-29-19-27-42(33-44)49-35-47(40-24-14-9-15-25-40)52(37-54-49)57(4,5)6/h7-37H,1-6H3. The number of rotatable bonds is 10. The highest BCUT2D eigenvalue weighted by Gasteiger charge is 2.25. The van der Waals surface area contributed by atoms with Gasteiger partial charge in [0.1, 0.15) is 0 Å². The first-order chi connectivity index (χ1) is 27.5. The van der Waals surface area contributed by atoms with Gasteiger partial charge in [0.15, 0.2) is 0 Å². The van der Waals surface area contributed by atoms with Crippen molar-refractivity contribution < 1.29 is 0 Å². The molecule has 2 aromatic heterocycles. The van der Waals surface area contributed by atoms with Gasteiger partial charge in [-0.1, -0.05) is 173 Å². The lowest BCUT2D eigenvalue weighted by molar-refractivity contribution is 1.27. The molecule has 2 heterocycles. The maximum Gasteiger partial charge on any atom is 0.0804 e. The molecule has 0 unspecified atom stereocenters. The molecule has 0 aliphatic carbocycles. The Kier molecular flexibility index (Phi) is 10.4. The SMILES string of the molecule is C[Si](C)(C)c1cnc(-c2cccc(N(c3cccc(-c4cc(-c5ccccc5)c([Si](C)(C)C)cn4)c3)c3ccccc3-c3ccccc3)c2)cc1-c1ccccc1. The zero-order valence-corrected chi connectivity index (χ0v) is 35.7. The summed E-state index contributed by atoms with van der Waals surface area (Å²) in [6.45, 7) is 14.4. The Morgan fingerprint density at radius 2 is 0.719 bits per heavy atom. The van der Waals surface area contributed by atoms with Crippen molar-refractivity contribution in [3.63, 3.8) is 0 Å². The first-order valence-electron chi connectivity index (χ1n) is 19.8. The topological polar surface area (TPSA) is 29.0 Å². The van der Waals surface area contributed by atoms with E-state index in [0.29, 0.717) is 0 Å². The van der Waals surface area contributed by atoms with Crippen LogP contribution in [-0.2, 0) is 0 Å². The molecule has 8 aromatic rings. The van der Waals surface area contributed by atoms with Crippen molar-refractivity contribution in [3.8, 4) is 55.9 Å². The molecule has 0 saturated carbocycles. The molecular weight excluding hydrogens is 723 g/mol. The second-order valence-corrected chi connectivity index (χ2v) is 26.9. The van der Waals surface area contributed by atoms with Crippen LogP contribution in [0.1, 0.15) is 0 Å². The van der Waals surface area contributed by atoms with Gasteiger partial charge in [-0.05, 0) is 80.7 Å². The van der Waals surface area contributed by atoms with Gasteiger partial charge < -0.3 is 4.90 Å². The summed E-state index contributed by atoms with van der Waals surface area (Å²) in [4.78, 5) is 12.7. The van der Waals surface area contributed by atoms with Gasteiger partial charge in [0.05, 0.1) is 33.2 Å². The van der Waals surface area contributed by atoms with E-state index in [1.54, 1.807) is 0 Å². The summed E-state index contributed by atoms with van der Waals surface area (Å²) >= 11 is 0. The second kappa shape index (κ2) is 15.8. The molecule has 0 radical (unpaired) electrons. The number of anilines is 3. The quantitative estimate of drug-likeness (QED) is 0.130. The molecule has 8 rings (SSSR count). The van der Waals surface area contributed by atoms with E-state index < -0.39 is 16.1 Å². The lowest BCUT2D eigenvalue weighted by Gasteiger charge is -2.29. The zero-order valence-electron chi connectivity index (χ0n) is 33.7. The summed E-state index contributed by atoms with van der Waals surface area (Å²) in [7, 11) is -3.37. The fraction of sp³-hybridized carbons (Fsp3) is 0.115. The molecule has 57 heavy (non-hydrogen) atoms. The van der Waals surface area contributed by atoms with Crippen LogP contribution in [0.3, 0.4) is 0 Å². The van der Waals surface area contributed by atoms with Crippen LogP contribution in [-0.4, -0.2) is 26.1 Å². The van der Waals surface area contributed by atoms with E-state index in [-0.39, 0.29) is 0 Å². The number of para-hydroxylation sites is 1. The van der Waals surface area contributed by atoms with Gasteiger partial charge in [-0.2, -0.15) is 0 Å².